The molecule has 0 aromatic heterocycles. The smallest absolute Gasteiger partial charge is 0.332 e. The Morgan fingerprint density at radius 1 is 1.69 bits per heavy atom. The number of hydrogen-bond acceptors (Lipinski definition) is 3. The van der Waals surface area contributed by atoms with Gasteiger partial charge in [-0.25, -0.2) is 10.2 Å². The molecule has 3 N–H and O–H groups in total. The van der Waals surface area contributed by atoms with Gasteiger partial charge in [-0.2, -0.15) is 5.10 Å². The first-order chi connectivity index (χ1) is 7.72. The number of terminal acetylenes is 1. The third-order valence-corrected chi connectivity index (χ3v) is 1.57. The van der Waals surface area contributed by atoms with E-state index in [1.54, 1.807) is 24.3 Å². The Kier molecular flexibility index (Phi) is 4.41. The minimum atomic E-state index is -0.712. The van der Waals surface area contributed by atoms with E-state index in [1.807, 2.05) is 0 Å². The Hall–Kier alpha value is -2.48. The van der Waals surface area contributed by atoms with Gasteiger partial charge in [-0.15, -0.1) is 6.42 Å². The van der Waals surface area contributed by atoms with Crippen LogP contribution in [0.5, 0.6) is 5.75 Å². The largest absolute Gasteiger partial charge is 0.481 e. The highest BCUT2D eigenvalue weighted by molar-refractivity contribution is 5.81. The van der Waals surface area contributed by atoms with Gasteiger partial charge in [0, 0.05) is 0 Å². The third-order valence-electron chi connectivity index (χ3n) is 1.57. The van der Waals surface area contributed by atoms with E-state index in [2.05, 4.69) is 16.4 Å². The van der Waals surface area contributed by atoms with E-state index in [9.17, 15) is 4.79 Å². The van der Waals surface area contributed by atoms with Crippen LogP contribution in [-0.2, 0) is 0 Å². The summed E-state index contributed by atoms with van der Waals surface area (Å²) in [5, 5.41) is 3.62. The molecule has 0 saturated heterocycles. The molecule has 0 bridgehead atoms. The summed E-state index contributed by atoms with van der Waals surface area (Å²) in [4.78, 5) is 10.3. The molecule has 82 valence electrons. The first-order valence-electron chi connectivity index (χ1n) is 4.47. The van der Waals surface area contributed by atoms with E-state index in [1.165, 1.54) is 6.21 Å². The monoisotopic (exact) mass is 217 g/mol. The molecule has 1 aromatic carbocycles. The molecule has 0 heterocycles. The van der Waals surface area contributed by atoms with Gasteiger partial charge < -0.3 is 10.5 Å². The molecule has 5 heteroatoms. The van der Waals surface area contributed by atoms with Gasteiger partial charge in [-0.3, -0.25) is 0 Å². The highest BCUT2D eigenvalue weighted by atomic mass is 16.5. The van der Waals surface area contributed by atoms with Gasteiger partial charge in [0.05, 0.1) is 6.21 Å². The average molecular weight is 217 g/mol. The van der Waals surface area contributed by atoms with Crippen molar-refractivity contribution in [3.63, 3.8) is 0 Å². The Morgan fingerprint density at radius 2 is 2.50 bits per heavy atom. The molecule has 0 radical (unpaired) electrons. The Labute approximate surface area is 93.3 Å². The molecule has 5 nitrogen and oxygen atoms in total. The van der Waals surface area contributed by atoms with Crippen LogP contribution in [0.15, 0.2) is 29.4 Å². The van der Waals surface area contributed by atoms with Gasteiger partial charge >= 0.3 is 6.03 Å². The fourth-order valence-electron chi connectivity index (χ4n) is 0.980. The van der Waals surface area contributed by atoms with Crippen molar-refractivity contribution in [3.8, 4) is 18.1 Å². The molecule has 0 unspecified atom stereocenters. The number of benzene rings is 1. The minimum absolute atomic E-state index is 0.208. The second-order valence-electron chi connectivity index (χ2n) is 2.80. The lowest BCUT2D eigenvalue weighted by Gasteiger charge is -2.02. The molecule has 16 heavy (non-hydrogen) atoms. The SMILES string of the molecule is C#CCOc1cccc(C=NNC(N)=O)c1. The van der Waals surface area contributed by atoms with Gasteiger partial charge in [0.15, 0.2) is 0 Å². The quantitative estimate of drug-likeness (QED) is 0.442. The molecular weight excluding hydrogens is 206 g/mol. The van der Waals surface area contributed by atoms with Crippen molar-refractivity contribution < 1.29 is 9.53 Å². The van der Waals surface area contributed by atoms with Crippen molar-refractivity contribution in [2.45, 2.75) is 0 Å². The predicted molar refractivity (Wildman–Crippen MR) is 61.1 cm³/mol. The van der Waals surface area contributed by atoms with Gasteiger partial charge in [0.1, 0.15) is 12.4 Å². The number of rotatable bonds is 4. The maximum absolute atomic E-state index is 10.3. The average Bonchev–Trinajstić information content (AvgIpc) is 2.26. The lowest BCUT2D eigenvalue weighted by atomic mass is 10.2. The predicted octanol–water partition coefficient (Wildman–Crippen LogP) is 0.701. The van der Waals surface area contributed by atoms with Crippen LogP contribution >= 0.6 is 0 Å². The molecule has 0 aliphatic rings. The lowest BCUT2D eigenvalue weighted by Crippen LogP contribution is -2.24. The number of nitrogens with two attached hydrogens (primary N) is 1. The van der Waals surface area contributed by atoms with E-state index in [-0.39, 0.29) is 6.61 Å². The number of urea groups is 1. The summed E-state index contributed by atoms with van der Waals surface area (Å²) in [6, 6.07) is 6.39. The number of primary amides is 1. The van der Waals surface area contributed by atoms with Crippen LogP contribution in [0.2, 0.25) is 0 Å². The van der Waals surface area contributed by atoms with Crippen LogP contribution < -0.4 is 15.9 Å². The van der Waals surface area contributed by atoms with Crippen LogP contribution in [0.3, 0.4) is 0 Å². The molecule has 0 spiro atoms. The van der Waals surface area contributed by atoms with E-state index in [0.29, 0.717) is 5.75 Å². The van der Waals surface area contributed by atoms with E-state index in [0.717, 1.165) is 5.56 Å². The minimum Gasteiger partial charge on any atom is -0.481 e. The summed E-state index contributed by atoms with van der Waals surface area (Å²) in [7, 11) is 0. The lowest BCUT2D eigenvalue weighted by molar-refractivity contribution is 0.249. The van der Waals surface area contributed by atoms with Gasteiger partial charge in [0.2, 0.25) is 0 Å². The van der Waals surface area contributed by atoms with E-state index in [4.69, 9.17) is 16.9 Å². The molecular formula is C11H11N3O2. The Bertz CT molecular complexity index is 435. The first-order valence-corrected chi connectivity index (χ1v) is 4.47. The normalized spacial score (nSPS) is 9.69. The fraction of sp³-hybridized carbons (Fsp3) is 0.0909. The zero-order valence-electron chi connectivity index (χ0n) is 8.51. The number of carbonyl (C=O) groups is 1. The highest BCUT2D eigenvalue weighted by Crippen LogP contribution is 2.11. The fourth-order valence-corrected chi connectivity index (χ4v) is 0.980. The van der Waals surface area contributed by atoms with Crippen LogP contribution in [0.4, 0.5) is 4.79 Å². The van der Waals surface area contributed by atoms with Crippen LogP contribution in [0.25, 0.3) is 0 Å². The summed E-state index contributed by atoms with van der Waals surface area (Å²) in [6.07, 6.45) is 6.52. The van der Waals surface area contributed by atoms with Crippen molar-refractivity contribution >= 4 is 12.2 Å². The number of nitrogens with zero attached hydrogens (tertiary/aromatic N) is 1. The summed E-state index contributed by atoms with van der Waals surface area (Å²) < 4.78 is 5.21. The van der Waals surface area contributed by atoms with Gasteiger partial charge in [-0.05, 0) is 17.7 Å². The topological polar surface area (TPSA) is 76.7 Å². The first kappa shape index (κ1) is 11.6. The maximum atomic E-state index is 10.3. The standard InChI is InChI=1S/C11H11N3O2/c1-2-6-16-10-5-3-4-9(7-10)8-13-14-11(12)15/h1,3-5,7-8H,6H2,(H3,12,14,15). The van der Waals surface area contributed by atoms with Crippen molar-refractivity contribution in [1.82, 2.24) is 5.43 Å². The van der Waals surface area contributed by atoms with E-state index >= 15 is 0 Å². The summed E-state index contributed by atoms with van der Waals surface area (Å²) in [5.74, 6) is 3.00. The molecule has 0 saturated carbocycles. The summed E-state index contributed by atoms with van der Waals surface area (Å²) >= 11 is 0. The Morgan fingerprint density at radius 3 is 3.19 bits per heavy atom. The molecule has 0 fully saturated rings. The molecule has 1 aromatic rings. The summed E-state index contributed by atoms with van der Waals surface area (Å²) in [6.45, 7) is 0.208. The van der Waals surface area contributed by atoms with Crippen molar-refractivity contribution in [1.29, 1.82) is 0 Å². The molecule has 1 rings (SSSR count). The molecule has 2 amide bonds. The van der Waals surface area contributed by atoms with Gasteiger partial charge in [-0.1, -0.05) is 18.1 Å². The van der Waals surface area contributed by atoms with E-state index < -0.39 is 6.03 Å². The zero-order chi connectivity index (χ0) is 11.8. The van der Waals surface area contributed by atoms with Crippen LogP contribution in [0.1, 0.15) is 5.56 Å². The maximum Gasteiger partial charge on any atom is 0.332 e. The second kappa shape index (κ2) is 6.09. The zero-order valence-corrected chi connectivity index (χ0v) is 8.51. The van der Waals surface area contributed by atoms with Crippen LogP contribution in [-0.4, -0.2) is 18.9 Å². The summed E-state index contributed by atoms with van der Waals surface area (Å²) in [5.41, 5.74) is 7.70. The van der Waals surface area contributed by atoms with Crippen molar-refractivity contribution in [3.05, 3.63) is 29.8 Å². The number of amides is 2. The number of hydrazone groups is 1. The van der Waals surface area contributed by atoms with Crippen molar-refractivity contribution in [2.75, 3.05) is 6.61 Å². The number of hydrogen-bond donors (Lipinski definition) is 2. The van der Waals surface area contributed by atoms with Crippen molar-refractivity contribution in [2.24, 2.45) is 10.8 Å². The number of ether oxygens (including phenoxy) is 1. The Balaban J connectivity index is 2.64. The number of carbonyl (C=O) groups excluding carboxylic acids is 1. The van der Waals surface area contributed by atoms with Crippen LogP contribution in [0, 0.1) is 12.3 Å². The molecule has 0 aliphatic heterocycles. The third kappa shape index (κ3) is 4.15. The molecule has 0 atom stereocenters. The second-order valence-corrected chi connectivity index (χ2v) is 2.80. The molecule has 0 aliphatic carbocycles. The number of nitrogens with one attached hydrogen (secondary N) is 1. The van der Waals surface area contributed by atoms with Gasteiger partial charge in [0.25, 0.3) is 0 Å². The highest BCUT2D eigenvalue weighted by Gasteiger charge is 1.94.